The molecule has 2 amide bonds. The van der Waals surface area contributed by atoms with Crippen LogP contribution in [0.15, 0.2) is 12.7 Å². The lowest BCUT2D eigenvalue weighted by Crippen LogP contribution is -2.48. The smallest absolute Gasteiger partial charge is 0.331 e. The summed E-state index contributed by atoms with van der Waals surface area (Å²) < 4.78 is 24.4. The molecular formula is C9H14N2O5S. The first-order chi connectivity index (χ1) is 7.87. The van der Waals surface area contributed by atoms with Crippen LogP contribution in [0.3, 0.4) is 0 Å². The van der Waals surface area contributed by atoms with Crippen LogP contribution in [0.5, 0.6) is 0 Å². The van der Waals surface area contributed by atoms with Gasteiger partial charge in [-0.25, -0.2) is 22.7 Å². The maximum absolute atomic E-state index is 11.6. The molecule has 1 aliphatic rings. The molecular weight excluding hydrogens is 248 g/mol. The number of sulfonamides is 1. The highest BCUT2D eigenvalue weighted by atomic mass is 32.2. The summed E-state index contributed by atoms with van der Waals surface area (Å²) >= 11 is 0. The molecule has 0 aromatic rings. The van der Waals surface area contributed by atoms with E-state index >= 15 is 0 Å². The minimum Gasteiger partial charge on any atom is -0.480 e. The number of hydrogen-bond donors (Lipinski definition) is 2. The number of carboxylic acids is 1. The number of carbonyl (C=O) groups excluding carboxylic acids is 1. The molecule has 1 aliphatic heterocycles. The van der Waals surface area contributed by atoms with Gasteiger partial charge in [0.25, 0.3) is 0 Å². The van der Waals surface area contributed by atoms with Gasteiger partial charge in [0.2, 0.25) is 10.0 Å². The maximum atomic E-state index is 11.6. The van der Waals surface area contributed by atoms with Crippen LogP contribution in [-0.2, 0) is 14.8 Å². The van der Waals surface area contributed by atoms with E-state index in [1.165, 1.54) is 0 Å². The molecule has 1 atom stereocenters. The molecule has 1 saturated heterocycles. The van der Waals surface area contributed by atoms with Crippen molar-refractivity contribution in [1.82, 2.24) is 9.62 Å². The third-order valence-corrected chi connectivity index (χ3v) is 3.54. The van der Waals surface area contributed by atoms with Crippen molar-refractivity contribution >= 4 is 22.0 Å². The molecule has 0 saturated carbocycles. The Morgan fingerprint density at radius 3 is 2.71 bits per heavy atom. The van der Waals surface area contributed by atoms with Gasteiger partial charge in [-0.1, -0.05) is 6.08 Å². The molecule has 1 rings (SSSR count). The van der Waals surface area contributed by atoms with Gasteiger partial charge in [0.1, 0.15) is 6.04 Å². The fraction of sp³-hybridized carbons (Fsp3) is 0.556. The summed E-state index contributed by atoms with van der Waals surface area (Å²) in [5.41, 5.74) is 0. The molecule has 0 aromatic carbocycles. The van der Waals surface area contributed by atoms with Gasteiger partial charge >= 0.3 is 12.0 Å². The first-order valence-corrected chi connectivity index (χ1v) is 6.67. The zero-order valence-electron chi connectivity index (χ0n) is 9.13. The number of amides is 2. The largest absolute Gasteiger partial charge is 0.480 e. The average Bonchev–Trinajstić information content (AvgIpc) is 2.64. The van der Waals surface area contributed by atoms with Crippen molar-refractivity contribution in [3.8, 4) is 0 Å². The maximum Gasteiger partial charge on any atom is 0.331 e. The van der Waals surface area contributed by atoms with Crippen LogP contribution < -0.4 is 4.72 Å². The van der Waals surface area contributed by atoms with Gasteiger partial charge in [-0.3, -0.25) is 0 Å². The standard InChI is InChI=1S/C9H14N2O5S/c1-2-6-17(15,16)10-9(14)11-5-3-4-7(11)8(12)13/h2,7H,1,3-6H2,(H,10,14)(H,12,13)/t7-/m0/s1. The van der Waals surface area contributed by atoms with E-state index in [1.807, 2.05) is 4.72 Å². The minimum absolute atomic E-state index is 0.242. The van der Waals surface area contributed by atoms with Gasteiger partial charge in [-0.2, -0.15) is 0 Å². The summed E-state index contributed by atoms with van der Waals surface area (Å²) in [5, 5.41) is 8.85. The van der Waals surface area contributed by atoms with Gasteiger partial charge in [0.15, 0.2) is 0 Å². The van der Waals surface area contributed by atoms with Gasteiger partial charge in [0.05, 0.1) is 5.75 Å². The topological polar surface area (TPSA) is 104 Å². The van der Waals surface area contributed by atoms with Crippen molar-refractivity contribution in [3.63, 3.8) is 0 Å². The lowest BCUT2D eigenvalue weighted by molar-refractivity contribution is -0.141. The van der Waals surface area contributed by atoms with E-state index in [4.69, 9.17) is 5.11 Å². The van der Waals surface area contributed by atoms with E-state index < -0.39 is 28.1 Å². The van der Waals surface area contributed by atoms with Gasteiger partial charge in [-0.05, 0) is 12.8 Å². The van der Waals surface area contributed by atoms with Crippen molar-refractivity contribution in [1.29, 1.82) is 0 Å². The molecule has 8 heteroatoms. The molecule has 7 nitrogen and oxygen atoms in total. The number of likely N-dealkylation sites (tertiary alicyclic amines) is 1. The molecule has 1 heterocycles. The van der Waals surface area contributed by atoms with E-state index in [2.05, 4.69) is 6.58 Å². The molecule has 0 spiro atoms. The molecule has 0 unspecified atom stereocenters. The lowest BCUT2D eigenvalue weighted by atomic mass is 10.2. The Balaban J connectivity index is 2.71. The van der Waals surface area contributed by atoms with Crippen molar-refractivity contribution in [3.05, 3.63) is 12.7 Å². The Bertz CT molecular complexity index is 431. The molecule has 0 radical (unpaired) electrons. The lowest BCUT2D eigenvalue weighted by Gasteiger charge is -2.21. The number of carboxylic acid groups (broad SMARTS) is 1. The predicted molar refractivity (Wildman–Crippen MR) is 59.9 cm³/mol. The normalized spacial score (nSPS) is 20.0. The number of nitrogens with zero attached hydrogens (tertiary/aromatic N) is 1. The van der Waals surface area contributed by atoms with E-state index in [0.717, 1.165) is 11.0 Å². The molecule has 1 fully saturated rings. The van der Waals surface area contributed by atoms with Crippen LogP contribution in [-0.4, -0.2) is 48.8 Å². The van der Waals surface area contributed by atoms with Gasteiger partial charge < -0.3 is 10.0 Å². The minimum atomic E-state index is -3.77. The van der Waals surface area contributed by atoms with Gasteiger partial charge in [0, 0.05) is 6.54 Å². The van der Waals surface area contributed by atoms with E-state index in [1.54, 1.807) is 0 Å². The Morgan fingerprint density at radius 2 is 2.18 bits per heavy atom. The Morgan fingerprint density at radius 1 is 1.53 bits per heavy atom. The summed E-state index contributed by atoms with van der Waals surface area (Å²) in [6.07, 6.45) is 2.03. The highest BCUT2D eigenvalue weighted by Crippen LogP contribution is 2.17. The fourth-order valence-electron chi connectivity index (χ4n) is 1.65. The molecule has 96 valence electrons. The summed E-state index contributed by atoms with van der Waals surface area (Å²) in [6.45, 7) is 3.50. The second kappa shape index (κ2) is 5.17. The number of urea groups is 1. The third-order valence-electron chi connectivity index (χ3n) is 2.38. The van der Waals surface area contributed by atoms with Gasteiger partial charge in [-0.15, -0.1) is 6.58 Å². The van der Waals surface area contributed by atoms with E-state index in [-0.39, 0.29) is 12.3 Å². The van der Waals surface area contributed by atoms with Crippen molar-refractivity contribution in [2.75, 3.05) is 12.3 Å². The Kier molecular flexibility index (Phi) is 4.11. The summed E-state index contributed by atoms with van der Waals surface area (Å²) in [7, 11) is -3.77. The van der Waals surface area contributed by atoms with Crippen molar-refractivity contribution < 1.29 is 23.1 Å². The number of hydrogen-bond acceptors (Lipinski definition) is 4. The second-order valence-corrected chi connectivity index (χ2v) is 5.43. The number of aliphatic carboxylic acids is 1. The molecule has 17 heavy (non-hydrogen) atoms. The zero-order valence-corrected chi connectivity index (χ0v) is 9.94. The Hall–Kier alpha value is -1.57. The van der Waals surface area contributed by atoms with Crippen LogP contribution >= 0.6 is 0 Å². The number of carbonyl (C=O) groups is 2. The SMILES string of the molecule is C=CCS(=O)(=O)NC(=O)N1CCC[C@H]1C(=O)O. The molecule has 0 bridgehead atoms. The van der Waals surface area contributed by atoms with Crippen molar-refractivity contribution in [2.24, 2.45) is 0 Å². The first-order valence-electron chi connectivity index (χ1n) is 5.02. The molecule has 0 aliphatic carbocycles. The van der Waals surface area contributed by atoms with E-state index in [9.17, 15) is 18.0 Å². The van der Waals surface area contributed by atoms with Crippen LogP contribution in [0.1, 0.15) is 12.8 Å². The van der Waals surface area contributed by atoms with E-state index in [0.29, 0.717) is 12.8 Å². The fourth-order valence-corrected chi connectivity index (χ4v) is 2.43. The first kappa shape index (κ1) is 13.5. The predicted octanol–water partition coefficient (Wildman–Crippen LogP) is -0.239. The Labute approximate surface area is 99.2 Å². The summed E-state index contributed by atoms with van der Waals surface area (Å²) in [5.74, 6) is -1.51. The van der Waals surface area contributed by atoms with Crippen LogP contribution in [0.4, 0.5) is 4.79 Å². The second-order valence-electron chi connectivity index (χ2n) is 3.67. The zero-order chi connectivity index (χ0) is 13.1. The van der Waals surface area contributed by atoms with Crippen LogP contribution in [0.2, 0.25) is 0 Å². The van der Waals surface area contributed by atoms with Crippen molar-refractivity contribution in [2.45, 2.75) is 18.9 Å². The molecule has 0 aromatic heterocycles. The van der Waals surface area contributed by atoms with Crippen LogP contribution in [0.25, 0.3) is 0 Å². The average molecular weight is 262 g/mol. The number of nitrogens with one attached hydrogen (secondary N) is 1. The molecule has 2 N–H and O–H groups in total. The van der Waals surface area contributed by atoms with Crippen LogP contribution in [0, 0.1) is 0 Å². The highest BCUT2D eigenvalue weighted by molar-refractivity contribution is 7.90. The third kappa shape index (κ3) is 3.45. The monoisotopic (exact) mass is 262 g/mol. The highest BCUT2D eigenvalue weighted by Gasteiger charge is 2.35. The summed E-state index contributed by atoms with van der Waals surface area (Å²) in [4.78, 5) is 23.4. The summed E-state index contributed by atoms with van der Waals surface area (Å²) in [6, 6.07) is -1.84. The quantitative estimate of drug-likeness (QED) is 0.680. The number of rotatable bonds is 4.